The van der Waals surface area contributed by atoms with Crippen molar-refractivity contribution in [2.45, 2.75) is 0 Å². The molecule has 0 aliphatic heterocycles. The van der Waals surface area contributed by atoms with Crippen LogP contribution in [0.25, 0.3) is 16.6 Å². The number of aromatic hydroxyl groups is 2. The van der Waals surface area contributed by atoms with Crippen molar-refractivity contribution in [1.82, 2.24) is 9.78 Å². The van der Waals surface area contributed by atoms with Crippen LogP contribution in [0.3, 0.4) is 0 Å². The van der Waals surface area contributed by atoms with Crippen molar-refractivity contribution in [3.8, 4) is 17.2 Å². The molecule has 0 spiro atoms. The zero-order valence-corrected chi connectivity index (χ0v) is 10.3. The number of hydrogen-bond acceptors (Lipinski definition) is 3. The zero-order valence-electron chi connectivity index (χ0n) is 9.51. The summed E-state index contributed by atoms with van der Waals surface area (Å²) < 4.78 is 15.0. The van der Waals surface area contributed by atoms with Crippen molar-refractivity contribution in [3.63, 3.8) is 0 Å². The van der Waals surface area contributed by atoms with E-state index in [4.69, 9.17) is 11.6 Å². The third-order valence-electron chi connectivity index (χ3n) is 2.75. The number of aromatic nitrogens is 2. The van der Waals surface area contributed by atoms with E-state index in [2.05, 4.69) is 5.10 Å². The maximum Gasteiger partial charge on any atom is 0.155 e. The number of rotatable bonds is 1. The zero-order chi connectivity index (χ0) is 13.6. The van der Waals surface area contributed by atoms with Crippen LogP contribution >= 0.6 is 11.6 Å². The summed E-state index contributed by atoms with van der Waals surface area (Å²) in [5.74, 6) is -0.744. The Morgan fingerprint density at radius 2 is 1.74 bits per heavy atom. The van der Waals surface area contributed by atoms with Gasteiger partial charge in [0.1, 0.15) is 22.2 Å². The molecule has 0 radical (unpaired) electrons. The van der Waals surface area contributed by atoms with Gasteiger partial charge in [-0.05, 0) is 30.3 Å². The smallest absolute Gasteiger partial charge is 0.155 e. The van der Waals surface area contributed by atoms with E-state index in [-0.39, 0.29) is 22.2 Å². The Hall–Kier alpha value is -2.27. The Balaban J connectivity index is 2.28. The lowest BCUT2D eigenvalue weighted by Crippen LogP contribution is -1.95. The van der Waals surface area contributed by atoms with Crippen LogP contribution in [0.2, 0.25) is 5.15 Å². The fraction of sp³-hybridized carbons (Fsp3) is 0. The molecule has 0 unspecified atom stereocenters. The predicted octanol–water partition coefficient (Wildman–Crippen LogP) is 3.23. The molecule has 1 aromatic heterocycles. The molecule has 6 heteroatoms. The number of halogens is 2. The molecule has 0 saturated heterocycles. The highest BCUT2D eigenvalue weighted by atomic mass is 35.5. The molecule has 19 heavy (non-hydrogen) atoms. The first kappa shape index (κ1) is 11.8. The van der Waals surface area contributed by atoms with Crippen LogP contribution in [-0.4, -0.2) is 20.0 Å². The molecule has 0 bridgehead atoms. The van der Waals surface area contributed by atoms with E-state index >= 15 is 0 Å². The molecule has 0 saturated carbocycles. The van der Waals surface area contributed by atoms with Crippen LogP contribution in [-0.2, 0) is 0 Å². The van der Waals surface area contributed by atoms with Gasteiger partial charge in [0.2, 0.25) is 0 Å². The minimum atomic E-state index is -0.644. The van der Waals surface area contributed by atoms with Crippen molar-refractivity contribution in [1.29, 1.82) is 0 Å². The van der Waals surface area contributed by atoms with Crippen molar-refractivity contribution in [2.24, 2.45) is 0 Å². The summed E-state index contributed by atoms with van der Waals surface area (Å²) in [7, 11) is 0. The third kappa shape index (κ3) is 1.88. The highest BCUT2D eigenvalue weighted by molar-refractivity contribution is 6.34. The van der Waals surface area contributed by atoms with Crippen molar-refractivity contribution in [2.75, 3.05) is 0 Å². The molecule has 0 aliphatic rings. The quantitative estimate of drug-likeness (QED) is 0.718. The van der Waals surface area contributed by atoms with Gasteiger partial charge in [-0.15, -0.1) is 0 Å². The van der Waals surface area contributed by atoms with Crippen molar-refractivity contribution >= 4 is 22.5 Å². The summed E-state index contributed by atoms with van der Waals surface area (Å²) in [6, 6.07) is 8.49. The maximum absolute atomic E-state index is 13.7. The van der Waals surface area contributed by atoms with Gasteiger partial charge >= 0.3 is 0 Å². The first-order valence-electron chi connectivity index (χ1n) is 5.42. The first-order valence-corrected chi connectivity index (χ1v) is 5.80. The minimum Gasteiger partial charge on any atom is -0.508 e. The fourth-order valence-corrected chi connectivity index (χ4v) is 2.15. The minimum absolute atomic E-state index is 0.0795. The Kier molecular flexibility index (Phi) is 2.57. The molecule has 4 nitrogen and oxygen atoms in total. The molecule has 2 N–H and O–H groups in total. The fourth-order valence-electron chi connectivity index (χ4n) is 1.87. The monoisotopic (exact) mass is 278 g/mol. The van der Waals surface area contributed by atoms with E-state index < -0.39 is 5.82 Å². The molecule has 0 fully saturated rings. The summed E-state index contributed by atoms with van der Waals surface area (Å²) >= 11 is 6.14. The van der Waals surface area contributed by atoms with E-state index in [1.807, 2.05) is 0 Å². The molecule has 0 aliphatic carbocycles. The third-order valence-corrected chi connectivity index (χ3v) is 3.11. The number of phenolic OH excluding ortho intramolecular Hbond substituents is 2. The van der Waals surface area contributed by atoms with Crippen LogP contribution in [0.15, 0.2) is 36.4 Å². The molecule has 96 valence electrons. The topological polar surface area (TPSA) is 58.3 Å². The predicted molar refractivity (Wildman–Crippen MR) is 69.4 cm³/mol. The largest absolute Gasteiger partial charge is 0.508 e. The first-order chi connectivity index (χ1) is 9.06. The Labute approximate surface area is 112 Å². The molecule has 1 heterocycles. The van der Waals surface area contributed by atoms with Gasteiger partial charge in [-0.3, -0.25) is 0 Å². The number of nitrogens with zero attached hydrogens (tertiary/aromatic N) is 2. The number of benzene rings is 2. The second-order valence-corrected chi connectivity index (χ2v) is 4.40. The summed E-state index contributed by atoms with van der Waals surface area (Å²) in [4.78, 5) is 0. The number of fused-ring (bicyclic) bond motifs is 1. The van der Waals surface area contributed by atoms with Gasteiger partial charge in [-0.1, -0.05) is 11.6 Å². The Bertz CT molecular complexity index is 768. The molecular formula is C13H8ClFN2O2. The van der Waals surface area contributed by atoms with Crippen LogP contribution in [0.1, 0.15) is 0 Å². The van der Waals surface area contributed by atoms with Crippen LogP contribution in [0.4, 0.5) is 4.39 Å². The molecule has 0 atom stereocenters. The van der Waals surface area contributed by atoms with E-state index in [0.717, 1.165) is 6.07 Å². The number of phenols is 2. The second-order valence-electron chi connectivity index (χ2n) is 4.04. The summed E-state index contributed by atoms with van der Waals surface area (Å²) in [5, 5.41) is 23.2. The average Bonchev–Trinajstić information content (AvgIpc) is 2.69. The summed E-state index contributed by atoms with van der Waals surface area (Å²) in [6.45, 7) is 0. The maximum atomic E-state index is 13.7. The standard InChI is InChI=1S/C13H8ClFN2O2/c14-13-10-5-9(19)6-11(15)12(10)16-17(13)7-1-3-8(18)4-2-7/h1-6,18-19H. The second kappa shape index (κ2) is 4.13. The number of hydrogen-bond donors (Lipinski definition) is 2. The lowest BCUT2D eigenvalue weighted by Gasteiger charge is -2.02. The van der Waals surface area contributed by atoms with E-state index in [0.29, 0.717) is 11.1 Å². The van der Waals surface area contributed by atoms with Gasteiger partial charge in [-0.2, -0.15) is 5.10 Å². The van der Waals surface area contributed by atoms with Gasteiger partial charge in [0.15, 0.2) is 5.82 Å². The van der Waals surface area contributed by atoms with E-state index in [1.165, 1.54) is 22.9 Å². The molecular weight excluding hydrogens is 271 g/mol. The molecule has 3 aromatic rings. The highest BCUT2D eigenvalue weighted by Gasteiger charge is 2.15. The van der Waals surface area contributed by atoms with Crippen molar-refractivity contribution in [3.05, 3.63) is 47.4 Å². The van der Waals surface area contributed by atoms with Crippen molar-refractivity contribution < 1.29 is 14.6 Å². The van der Waals surface area contributed by atoms with E-state index in [1.54, 1.807) is 12.1 Å². The van der Waals surface area contributed by atoms with Gasteiger partial charge in [0, 0.05) is 11.5 Å². The average molecular weight is 279 g/mol. The summed E-state index contributed by atoms with van der Waals surface area (Å²) in [5.41, 5.74) is 0.661. The Morgan fingerprint density at radius 1 is 1.05 bits per heavy atom. The lowest BCUT2D eigenvalue weighted by molar-refractivity contribution is 0.470. The van der Waals surface area contributed by atoms with Gasteiger partial charge in [0.25, 0.3) is 0 Å². The van der Waals surface area contributed by atoms with Gasteiger partial charge in [0.05, 0.1) is 5.69 Å². The Morgan fingerprint density at radius 3 is 2.42 bits per heavy atom. The van der Waals surface area contributed by atoms with Gasteiger partial charge in [-0.25, -0.2) is 9.07 Å². The van der Waals surface area contributed by atoms with Crippen LogP contribution < -0.4 is 0 Å². The highest BCUT2D eigenvalue weighted by Crippen LogP contribution is 2.31. The van der Waals surface area contributed by atoms with Gasteiger partial charge < -0.3 is 10.2 Å². The van der Waals surface area contributed by atoms with Crippen LogP contribution in [0.5, 0.6) is 11.5 Å². The lowest BCUT2D eigenvalue weighted by atomic mass is 10.2. The molecule has 3 rings (SSSR count). The van der Waals surface area contributed by atoms with E-state index in [9.17, 15) is 14.6 Å². The normalized spacial score (nSPS) is 11.1. The SMILES string of the molecule is Oc1ccc(-n2nc3c(F)cc(O)cc3c2Cl)cc1. The summed E-state index contributed by atoms with van der Waals surface area (Å²) in [6.07, 6.45) is 0. The molecule has 2 aromatic carbocycles. The molecule has 0 amide bonds. The van der Waals surface area contributed by atoms with Crippen LogP contribution in [0, 0.1) is 5.82 Å².